The molecule has 0 radical (unpaired) electrons. The van der Waals surface area contributed by atoms with Crippen LogP contribution in [0.2, 0.25) is 5.02 Å². The zero-order chi connectivity index (χ0) is 21.8. The lowest BCUT2D eigenvalue weighted by atomic mass is 10.0. The third-order valence-electron chi connectivity index (χ3n) is 5.61. The van der Waals surface area contributed by atoms with Crippen LogP contribution in [0.3, 0.4) is 0 Å². The minimum atomic E-state index is -0.697. The molecule has 8 heteroatoms. The number of hydrogen-bond donors (Lipinski definition) is 1. The van der Waals surface area contributed by atoms with Crippen LogP contribution in [0.25, 0.3) is 28.2 Å². The first-order valence-corrected chi connectivity index (χ1v) is 10.9. The van der Waals surface area contributed by atoms with Crippen LogP contribution in [0.1, 0.15) is 37.9 Å². The standard InChI is InChI=1S/C23H24ClN5O2/c1-13(2)10-15-6-9-25-22-19(15)26-14(3)20-27-28-21(29(20)22)17-11-16(4-5-18(17)24)31-12-23(30)7-8-23/h4-6,9,11,13,30H,7-8,10,12H2,1-3H3. The smallest absolute Gasteiger partial charge is 0.184 e. The van der Waals surface area contributed by atoms with Gasteiger partial charge < -0.3 is 9.84 Å². The van der Waals surface area contributed by atoms with Crippen molar-refractivity contribution in [2.24, 2.45) is 5.92 Å². The van der Waals surface area contributed by atoms with E-state index in [1.807, 2.05) is 23.5 Å². The second kappa shape index (κ2) is 7.43. The Morgan fingerprint density at radius 3 is 2.74 bits per heavy atom. The molecule has 4 aromatic rings. The highest BCUT2D eigenvalue weighted by Gasteiger charge is 2.41. The van der Waals surface area contributed by atoms with Gasteiger partial charge in [-0.05, 0) is 61.9 Å². The molecule has 1 N–H and O–H groups in total. The van der Waals surface area contributed by atoms with Crippen LogP contribution in [0.15, 0.2) is 30.5 Å². The van der Waals surface area contributed by atoms with Crippen molar-refractivity contribution in [3.8, 4) is 17.1 Å². The third kappa shape index (κ3) is 3.72. The summed E-state index contributed by atoms with van der Waals surface area (Å²) in [7, 11) is 0. The van der Waals surface area contributed by atoms with E-state index in [4.69, 9.17) is 21.3 Å². The van der Waals surface area contributed by atoms with Crippen LogP contribution in [0, 0.1) is 12.8 Å². The van der Waals surface area contributed by atoms with Gasteiger partial charge in [0.25, 0.3) is 0 Å². The van der Waals surface area contributed by atoms with Crippen molar-refractivity contribution in [3.05, 3.63) is 46.7 Å². The largest absolute Gasteiger partial charge is 0.491 e. The van der Waals surface area contributed by atoms with Gasteiger partial charge in [0.05, 0.1) is 16.3 Å². The number of aromatic nitrogens is 5. The van der Waals surface area contributed by atoms with Crippen LogP contribution in [0.4, 0.5) is 0 Å². The molecule has 160 valence electrons. The Morgan fingerprint density at radius 2 is 2.00 bits per heavy atom. The van der Waals surface area contributed by atoms with E-state index >= 15 is 0 Å². The molecule has 0 atom stereocenters. The number of aryl methyl sites for hydroxylation is 1. The molecule has 7 nitrogen and oxygen atoms in total. The van der Waals surface area contributed by atoms with Crippen molar-refractivity contribution in [1.82, 2.24) is 24.6 Å². The highest BCUT2D eigenvalue weighted by Crippen LogP contribution is 2.37. The summed E-state index contributed by atoms with van der Waals surface area (Å²) in [5.41, 5.74) is 4.12. The van der Waals surface area contributed by atoms with Crippen molar-refractivity contribution in [1.29, 1.82) is 0 Å². The Labute approximate surface area is 185 Å². The van der Waals surface area contributed by atoms with Crippen molar-refractivity contribution < 1.29 is 9.84 Å². The summed E-state index contributed by atoms with van der Waals surface area (Å²) in [4.78, 5) is 9.41. The first-order valence-electron chi connectivity index (χ1n) is 10.5. The molecule has 1 aromatic carbocycles. The Kier molecular flexibility index (Phi) is 4.83. The Morgan fingerprint density at radius 1 is 1.19 bits per heavy atom. The molecule has 3 aromatic heterocycles. The Hall–Kier alpha value is -2.77. The predicted molar refractivity (Wildman–Crippen MR) is 119 cm³/mol. The maximum absolute atomic E-state index is 10.1. The van der Waals surface area contributed by atoms with Gasteiger partial charge in [-0.3, -0.25) is 4.40 Å². The number of aliphatic hydroxyl groups is 1. The van der Waals surface area contributed by atoms with Crippen LogP contribution in [-0.2, 0) is 6.42 Å². The van der Waals surface area contributed by atoms with Crippen LogP contribution in [0.5, 0.6) is 5.75 Å². The van der Waals surface area contributed by atoms with E-state index < -0.39 is 5.60 Å². The number of ether oxygens (including phenoxy) is 1. The molecular formula is C23H24ClN5O2. The summed E-state index contributed by atoms with van der Waals surface area (Å²) in [5.74, 6) is 1.70. The number of rotatable bonds is 6. The fourth-order valence-electron chi connectivity index (χ4n) is 3.75. The fraction of sp³-hybridized carbons (Fsp3) is 0.391. The normalized spacial score (nSPS) is 15.2. The Bertz CT molecular complexity index is 1300. The van der Waals surface area contributed by atoms with Gasteiger partial charge in [-0.15, -0.1) is 10.2 Å². The average Bonchev–Trinajstić information content (AvgIpc) is 3.30. The molecule has 5 rings (SSSR count). The van der Waals surface area contributed by atoms with E-state index in [1.54, 1.807) is 18.3 Å². The van der Waals surface area contributed by atoms with Gasteiger partial charge in [-0.2, -0.15) is 0 Å². The maximum atomic E-state index is 10.1. The minimum absolute atomic E-state index is 0.265. The summed E-state index contributed by atoms with van der Waals surface area (Å²) >= 11 is 6.56. The van der Waals surface area contributed by atoms with Gasteiger partial charge in [-0.25, -0.2) is 9.97 Å². The minimum Gasteiger partial charge on any atom is -0.491 e. The third-order valence-corrected chi connectivity index (χ3v) is 5.94. The maximum Gasteiger partial charge on any atom is 0.184 e. The van der Waals surface area contributed by atoms with E-state index in [-0.39, 0.29) is 6.61 Å². The number of hydrogen-bond acceptors (Lipinski definition) is 6. The Balaban J connectivity index is 1.67. The average molecular weight is 438 g/mol. The second-order valence-electron chi connectivity index (χ2n) is 8.77. The highest BCUT2D eigenvalue weighted by atomic mass is 35.5. The topological polar surface area (TPSA) is 85.4 Å². The van der Waals surface area contributed by atoms with Crippen molar-refractivity contribution in [3.63, 3.8) is 0 Å². The second-order valence-corrected chi connectivity index (χ2v) is 9.18. The van der Waals surface area contributed by atoms with Crippen molar-refractivity contribution in [2.45, 2.75) is 45.6 Å². The molecule has 0 saturated heterocycles. The van der Waals surface area contributed by atoms with E-state index in [9.17, 15) is 5.11 Å². The highest BCUT2D eigenvalue weighted by molar-refractivity contribution is 6.33. The number of halogens is 1. The molecule has 1 aliphatic carbocycles. The molecule has 1 saturated carbocycles. The first kappa shape index (κ1) is 20.2. The molecule has 3 heterocycles. The van der Waals surface area contributed by atoms with Crippen LogP contribution < -0.4 is 4.74 Å². The van der Waals surface area contributed by atoms with E-state index in [0.29, 0.717) is 39.4 Å². The van der Waals surface area contributed by atoms with Gasteiger partial charge in [0.1, 0.15) is 17.9 Å². The van der Waals surface area contributed by atoms with Gasteiger partial charge in [0, 0.05) is 11.8 Å². The van der Waals surface area contributed by atoms with E-state index in [0.717, 1.165) is 36.0 Å². The van der Waals surface area contributed by atoms with Gasteiger partial charge in [0.15, 0.2) is 17.1 Å². The predicted octanol–water partition coefficient (Wildman–Crippen LogP) is 4.40. The van der Waals surface area contributed by atoms with Gasteiger partial charge in [-0.1, -0.05) is 25.4 Å². The van der Waals surface area contributed by atoms with Crippen molar-refractivity contribution >= 4 is 28.4 Å². The quantitative estimate of drug-likeness (QED) is 0.481. The lowest BCUT2D eigenvalue weighted by Gasteiger charge is -2.13. The number of pyridine rings is 1. The summed E-state index contributed by atoms with van der Waals surface area (Å²) in [6.45, 7) is 6.56. The first-order chi connectivity index (χ1) is 14.8. The molecule has 31 heavy (non-hydrogen) atoms. The molecule has 0 amide bonds. The molecule has 0 aliphatic heterocycles. The summed E-state index contributed by atoms with van der Waals surface area (Å²) in [5, 5.41) is 19.4. The number of nitrogens with zero attached hydrogens (tertiary/aromatic N) is 5. The van der Waals surface area contributed by atoms with Crippen LogP contribution in [-0.4, -0.2) is 41.9 Å². The number of fused-ring (bicyclic) bond motifs is 3. The molecule has 0 spiro atoms. The SMILES string of the molecule is Cc1nc2c(CC(C)C)ccnc2n2c(-c3cc(OCC4(O)CC4)ccc3Cl)nnc12. The zero-order valence-electron chi connectivity index (χ0n) is 17.8. The zero-order valence-corrected chi connectivity index (χ0v) is 18.5. The van der Waals surface area contributed by atoms with E-state index in [2.05, 4.69) is 29.0 Å². The summed E-state index contributed by atoms with van der Waals surface area (Å²) in [6, 6.07) is 7.43. The van der Waals surface area contributed by atoms with Gasteiger partial charge in [0.2, 0.25) is 0 Å². The van der Waals surface area contributed by atoms with Gasteiger partial charge >= 0.3 is 0 Å². The molecule has 0 bridgehead atoms. The summed E-state index contributed by atoms with van der Waals surface area (Å²) in [6.07, 6.45) is 4.25. The lowest BCUT2D eigenvalue weighted by molar-refractivity contribution is 0.0857. The van der Waals surface area contributed by atoms with E-state index in [1.165, 1.54) is 0 Å². The number of benzene rings is 1. The van der Waals surface area contributed by atoms with Crippen molar-refractivity contribution in [2.75, 3.05) is 6.61 Å². The molecule has 1 fully saturated rings. The monoisotopic (exact) mass is 437 g/mol. The van der Waals surface area contributed by atoms with Crippen LogP contribution >= 0.6 is 11.6 Å². The molecule has 0 unspecified atom stereocenters. The lowest BCUT2D eigenvalue weighted by Crippen LogP contribution is -2.18. The molecule has 1 aliphatic rings. The summed E-state index contributed by atoms with van der Waals surface area (Å²) < 4.78 is 7.74. The fourth-order valence-corrected chi connectivity index (χ4v) is 3.96. The molecular weight excluding hydrogens is 414 g/mol.